The molecule has 6 heteroatoms. The summed E-state index contributed by atoms with van der Waals surface area (Å²) in [6.45, 7) is 4.52. The van der Waals surface area contributed by atoms with E-state index in [0.29, 0.717) is 24.4 Å². The van der Waals surface area contributed by atoms with Crippen molar-refractivity contribution in [1.29, 1.82) is 5.26 Å². The van der Waals surface area contributed by atoms with Crippen LogP contribution in [0.4, 0.5) is 5.82 Å². The van der Waals surface area contributed by atoms with E-state index in [4.69, 9.17) is 10.00 Å². The standard InChI is InChI=1S/C19H20N4O2/c1-15(25-17-6-4-5-16(13-17)14-20)19(24)23-11-9-22(10-12-23)18-7-2-3-8-21-18/h2-8,13,15H,9-12H2,1H3. The molecule has 2 aromatic rings. The molecule has 128 valence electrons. The molecule has 25 heavy (non-hydrogen) atoms. The molecule has 0 aliphatic carbocycles. The van der Waals surface area contributed by atoms with Crippen molar-refractivity contribution in [3.63, 3.8) is 0 Å². The number of hydrogen-bond donors (Lipinski definition) is 0. The summed E-state index contributed by atoms with van der Waals surface area (Å²) in [4.78, 5) is 20.9. The molecule has 0 spiro atoms. The minimum atomic E-state index is -0.588. The highest BCUT2D eigenvalue weighted by molar-refractivity contribution is 5.81. The number of anilines is 1. The van der Waals surface area contributed by atoms with Crippen LogP contribution in [0.2, 0.25) is 0 Å². The van der Waals surface area contributed by atoms with Crippen LogP contribution in [-0.2, 0) is 4.79 Å². The summed E-state index contributed by atoms with van der Waals surface area (Å²) < 4.78 is 5.72. The van der Waals surface area contributed by atoms with Crippen molar-refractivity contribution in [3.05, 3.63) is 54.2 Å². The maximum atomic E-state index is 12.6. The van der Waals surface area contributed by atoms with E-state index in [2.05, 4.69) is 16.0 Å². The summed E-state index contributed by atoms with van der Waals surface area (Å²) in [6, 6.07) is 14.7. The van der Waals surface area contributed by atoms with E-state index >= 15 is 0 Å². The monoisotopic (exact) mass is 336 g/mol. The average molecular weight is 336 g/mol. The van der Waals surface area contributed by atoms with Gasteiger partial charge in [-0.15, -0.1) is 0 Å². The van der Waals surface area contributed by atoms with Crippen LogP contribution in [0.3, 0.4) is 0 Å². The number of carbonyl (C=O) groups excluding carboxylic acids is 1. The molecule has 6 nitrogen and oxygen atoms in total. The fourth-order valence-electron chi connectivity index (χ4n) is 2.85. The van der Waals surface area contributed by atoms with Gasteiger partial charge in [-0.3, -0.25) is 4.79 Å². The van der Waals surface area contributed by atoms with Gasteiger partial charge in [0.1, 0.15) is 11.6 Å². The highest BCUT2D eigenvalue weighted by atomic mass is 16.5. The molecule has 1 aliphatic heterocycles. The highest BCUT2D eigenvalue weighted by Crippen LogP contribution is 2.17. The Labute approximate surface area is 147 Å². The van der Waals surface area contributed by atoms with E-state index in [1.165, 1.54) is 0 Å². The van der Waals surface area contributed by atoms with Crippen LogP contribution in [0.1, 0.15) is 12.5 Å². The third kappa shape index (κ3) is 4.07. The molecule has 0 N–H and O–H groups in total. The molecule has 1 fully saturated rings. The predicted molar refractivity (Wildman–Crippen MR) is 94.3 cm³/mol. The lowest BCUT2D eigenvalue weighted by Gasteiger charge is -2.36. The first-order valence-electron chi connectivity index (χ1n) is 8.29. The number of nitrogens with zero attached hydrogens (tertiary/aromatic N) is 4. The van der Waals surface area contributed by atoms with Crippen molar-refractivity contribution < 1.29 is 9.53 Å². The summed E-state index contributed by atoms with van der Waals surface area (Å²) in [6.07, 6.45) is 1.19. The third-order valence-electron chi connectivity index (χ3n) is 4.19. The number of aromatic nitrogens is 1. The number of benzene rings is 1. The van der Waals surface area contributed by atoms with Crippen molar-refractivity contribution >= 4 is 11.7 Å². The maximum absolute atomic E-state index is 12.6. The van der Waals surface area contributed by atoms with Crippen molar-refractivity contribution in [1.82, 2.24) is 9.88 Å². The summed E-state index contributed by atoms with van der Waals surface area (Å²) in [7, 11) is 0. The number of pyridine rings is 1. The van der Waals surface area contributed by atoms with E-state index in [1.807, 2.05) is 23.1 Å². The third-order valence-corrected chi connectivity index (χ3v) is 4.19. The van der Waals surface area contributed by atoms with E-state index in [1.54, 1.807) is 37.4 Å². The van der Waals surface area contributed by atoms with E-state index in [0.717, 1.165) is 18.9 Å². The van der Waals surface area contributed by atoms with Gasteiger partial charge in [0.05, 0.1) is 11.6 Å². The minimum absolute atomic E-state index is 0.0389. The molecule has 1 aromatic heterocycles. The van der Waals surface area contributed by atoms with Crippen LogP contribution in [0, 0.1) is 11.3 Å². The fourth-order valence-corrected chi connectivity index (χ4v) is 2.85. The molecule has 0 bridgehead atoms. The number of carbonyl (C=O) groups is 1. The first-order chi connectivity index (χ1) is 12.2. The van der Waals surface area contributed by atoms with Gasteiger partial charge in [0.25, 0.3) is 5.91 Å². The quantitative estimate of drug-likeness (QED) is 0.855. The van der Waals surface area contributed by atoms with Crippen LogP contribution in [0.15, 0.2) is 48.7 Å². The number of hydrogen-bond acceptors (Lipinski definition) is 5. The van der Waals surface area contributed by atoms with Gasteiger partial charge in [-0.2, -0.15) is 5.26 Å². The van der Waals surface area contributed by atoms with Crippen molar-refractivity contribution in [2.24, 2.45) is 0 Å². The molecule has 1 aliphatic rings. The Morgan fingerprint density at radius 3 is 2.68 bits per heavy atom. The van der Waals surface area contributed by atoms with Crippen molar-refractivity contribution in [3.8, 4) is 11.8 Å². The molecule has 1 aromatic carbocycles. The van der Waals surface area contributed by atoms with Gasteiger partial charge < -0.3 is 14.5 Å². The second kappa shape index (κ2) is 7.67. The summed E-state index contributed by atoms with van der Waals surface area (Å²) in [5.41, 5.74) is 0.515. The van der Waals surface area contributed by atoms with Gasteiger partial charge in [0.15, 0.2) is 6.10 Å². The second-order valence-electron chi connectivity index (χ2n) is 5.90. The second-order valence-corrected chi connectivity index (χ2v) is 5.90. The largest absolute Gasteiger partial charge is 0.481 e. The molecule has 1 atom stereocenters. The Hall–Kier alpha value is -3.07. The number of rotatable bonds is 4. The van der Waals surface area contributed by atoms with Gasteiger partial charge >= 0.3 is 0 Å². The fraction of sp³-hybridized carbons (Fsp3) is 0.316. The van der Waals surface area contributed by atoms with Crippen LogP contribution in [0.25, 0.3) is 0 Å². The molecule has 0 radical (unpaired) electrons. The van der Waals surface area contributed by atoms with Gasteiger partial charge in [-0.05, 0) is 37.3 Å². The van der Waals surface area contributed by atoms with E-state index in [-0.39, 0.29) is 5.91 Å². The lowest BCUT2D eigenvalue weighted by Crippen LogP contribution is -2.52. The Bertz CT molecular complexity index is 764. The summed E-state index contributed by atoms with van der Waals surface area (Å²) in [5, 5.41) is 8.94. The van der Waals surface area contributed by atoms with Crippen molar-refractivity contribution in [2.45, 2.75) is 13.0 Å². The van der Waals surface area contributed by atoms with Gasteiger partial charge in [-0.1, -0.05) is 12.1 Å². The molecule has 1 amide bonds. The summed E-state index contributed by atoms with van der Waals surface area (Å²) in [5.74, 6) is 1.43. The molecule has 1 saturated heterocycles. The molecule has 1 unspecified atom stereocenters. The molecule has 2 heterocycles. The minimum Gasteiger partial charge on any atom is -0.481 e. The number of ether oxygens (including phenoxy) is 1. The van der Waals surface area contributed by atoms with E-state index < -0.39 is 6.10 Å². The average Bonchev–Trinajstić information content (AvgIpc) is 2.68. The van der Waals surface area contributed by atoms with E-state index in [9.17, 15) is 4.79 Å². The Balaban J connectivity index is 1.56. The van der Waals surface area contributed by atoms with Gasteiger partial charge in [-0.25, -0.2) is 4.98 Å². The SMILES string of the molecule is CC(Oc1cccc(C#N)c1)C(=O)N1CCN(c2ccccn2)CC1. The zero-order chi connectivity index (χ0) is 17.6. The number of nitriles is 1. The van der Waals surface area contributed by atoms with Crippen LogP contribution in [-0.4, -0.2) is 48.1 Å². The molecular formula is C19H20N4O2. The molecule has 0 saturated carbocycles. The Morgan fingerprint density at radius 1 is 1.20 bits per heavy atom. The molecule has 3 rings (SSSR count). The lowest BCUT2D eigenvalue weighted by molar-refractivity contribution is -0.138. The molecular weight excluding hydrogens is 316 g/mol. The first kappa shape index (κ1) is 16.8. The van der Waals surface area contributed by atoms with Crippen LogP contribution in [0.5, 0.6) is 5.75 Å². The van der Waals surface area contributed by atoms with Crippen molar-refractivity contribution in [2.75, 3.05) is 31.1 Å². The zero-order valence-electron chi connectivity index (χ0n) is 14.1. The smallest absolute Gasteiger partial charge is 0.263 e. The summed E-state index contributed by atoms with van der Waals surface area (Å²) >= 11 is 0. The zero-order valence-corrected chi connectivity index (χ0v) is 14.1. The Morgan fingerprint density at radius 2 is 2.00 bits per heavy atom. The predicted octanol–water partition coefficient (Wildman–Crippen LogP) is 2.07. The lowest BCUT2D eigenvalue weighted by atomic mass is 10.2. The number of amides is 1. The van der Waals surface area contributed by atoms with Gasteiger partial charge in [0.2, 0.25) is 0 Å². The van der Waals surface area contributed by atoms with Crippen LogP contribution < -0.4 is 9.64 Å². The van der Waals surface area contributed by atoms with Gasteiger partial charge in [0, 0.05) is 32.4 Å². The maximum Gasteiger partial charge on any atom is 0.263 e. The normalized spacial score (nSPS) is 15.4. The van der Waals surface area contributed by atoms with Crippen LogP contribution >= 0.6 is 0 Å². The number of piperazine rings is 1. The topological polar surface area (TPSA) is 69.5 Å². The highest BCUT2D eigenvalue weighted by Gasteiger charge is 2.26. The first-order valence-corrected chi connectivity index (χ1v) is 8.29. The Kier molecular flexibility index (Phi) is 5.14.